The maximum atomic E-state index is 11.2. The van der Waals surface area contributed by atoms with Crippen molar-refractivity contribution in [3.63, 3.8) is 0 Å². The second-order valence-corrected chi connectivity index (χ2v) is 4.15. The number of hydrogen-bond acceptors (Lipinski definition) is 2. The summed E-state index contributed by atoms with van der Waals surface area (Å²) in [6.45, 7) is 10.3. The second-order valence-electron chi connectivity index (χ2n) is 3.59. The largest absolute Gasteiger partial charge is 0.498 e. The number of hydrogen-bond donors (Lipinski definition) is 0. The number of allylic oxidation sites excluding steroid dienone is 1. The molecule has 0 saturated heterocycles. The van der Waals surface area contributed by atoms with E-state index >= 15 is 0 Å². The average Bonchev–Trinajstić information content (AvgIpc) is 2.04. The Morgan fingerprint density at radius 3 is 2.46 bits per heavy atom. The van der Waals surface area contributed by atoms with Gasteiger partial charge in [0.1, 0.15) is 5.78 Å². The monoisotopic (exact) mass is 248 g/mol. The van der Waals surface area contributed by atoms with Crippen LogP contribution in [0.15, 0.2) is 12.3 Å². The first-order valence-corrected chi connectivity index (χ1v) is 5.46. The molecule has 0 fully saturated rings. The summed E-state index contributed by atoms with van der Waals surface area (Å²) in [5.74, 6) is 0.857. The Morgan fingerprint density at radius 2 is 2.08 bits per heavy atom. The van der Waals surface area contributed by atoms with Crippen molar-refractivity contribution in [3.8, 4) is 0 Å². The SMILES string of the molecule is C=C(OCC)C(C)(C)CC(=O)CBr. The van der Waals surface area contributed by atoms with Crippen LogP contribution in [0.25, 0.3) is 0 Å². The summed E-state index contributed by atoms with van der Waals surface area (Å²) in [6, 6.07) is 0. The van der Waals surface area contributed by atoms with E-state index in [0.29, 0.717) is 24.1 Å². The van der Waals surface area contributed by atoms with Gasteiger partial charge in [-0.15, -0.1) is 0 Å². The normalized spacial score (nSPS) is 11.1. The maximum absolute atomic E-state index is 11.2. The highest BCUT2D eigenvalue weighted by molar-refractivity contribution is 9.09. The summed E-state index contributed by atoms with van der Waals surface area (Å²) in [5.41, 5.74) is -0.263. The summed E-state index contributed by atoms with van der Waals surface area (Å²) in [4.78, 5) is 11.2. The molecule has 0 unspecified atom stereocenters. The second kappa shape index (κ2) is 5.43. The molecule has 0 radical (unpaired) electrons. The molecule has 0 N–H and O–H groups in total. The molecule has 13 heavy (non-hydrogen) atoms. The molecule has 0 bridgehead atoms. The predicted molar refractivity (Wildman–Crippen MR) is 58.0 cm³/mol. The van der Waals surface area contributed by atoms with Gasteiger partial charge in [-0.25, -0.2) is 0 Å². The van der Waals surface area contributed by atoms with Crippen LogP contribution in [0, 0.1) is 5.41 Å². The fourth-order valence-electron chi connectivity index (χ4n) is 1.01. The van der Waals surface area contributed by atoms with Gasteiger partial charge in [-0.1, -0.05) is 36.4 Å². The van der Waals surface area contributed by atoms with E-state index in [0.717, 1.165) is 0 Å². The lowest BCUT2D eigenvalue weighted by molar-refractivity contribution is -0.118. The molecule has 0 saturated carbocycles. The third kappa shape index (κ3) is 4.46. The highest BCUT2D eigenvalue weighted by Gasteiger charge is 2.25. The summed E-state index contributed by atoms with van der Waals surface area (Å²) in [5, 5.41) is 0.399. The minimum Gasteiger partial charge on any atom is -0.498 e. The van der Waals surface area contributed by atoms with Crippen LogP contribution in [0.1, 0.15) is 27.2 Å². The van der Waals surface area contributed by atoms with Gasteiger partial charge in [0.2, 0.25) is 0 Å². The molecular weight excluding hydrogens is 232 g/mol. The Balaban J connectivity index is 4.21. The lowest BCUT2D eigenvalue weighted by Gasteiger charge is -2.25. The van der Waals surface area contributed by atoms with Crippen molar-refractivity contribution in [2.45, 2.75) is 27.2 Å². The molecule has 0 aliphatic carbocycles. The first-order chi connectivity index (χ1) is 5.94. The molecule has 0 aliphatic rings. The first-order valence-electron chi connectivity index (χ1n) is 4.34. The van der Waals surface area contributed by atoms with Crippen LogP contribution in [0.5, 0.6) is 0 Å². The molecule has 0 spiro atoms. The van der Waals surface area contributed by atoms with Gasteiger partial charge in [-0.2, -0.15) is 0 Å². The van der Waals surface area contributed by atoms with Gasteiger partial charge in [0.05, 0.1) is 17.7 Å². The molecule has 76 valence electrons. The molecule has 2 nitrogen and oxygen atoms in total. The smallest absolute Gasteiger partial charge is 0.144 e. The van der Waals surface area contributed by atoms with Crippen molar-refractivity contribution in [1.29, 1.82) is 0 Å². The van der Waals surface area contributed by atoms with E-state index in [9.17, 15) is 4.79 Å². The van der Waals surface area contributed by atoms with Gasteiger partial charge >= 0.3 is 0 Å². The highest BCUT2D eigenvalue weighted by Crippen LogP contribution is 2.30. The Kier molecular flexibility index (Phi) is 5.30. The van der Waals surface area contributed by atoms with Gasteiger partial charge in [0.25, 0.3) is 0 Å². The molecule has 0 aromatic heterocycles. The Labute approximate surface area is 88.5 Å². The van der Waals surface area contributed by atoms with Crippen LogP contribution >= 0.6 is 15.9 Å². The minimum absolute atomic E-state index is 0.172. The quantitative estimate of drug-likeness (QED) is 0.534. The topological polar surface area (TPSA) is 26.3 Å². The number of carbonyl (C=O) groups is 1. The number of carbonyl (C=O) groups excluding carboxylic acids is 1. The number of halogens is 1. The van der Waals surface area contributed by atoms with Crippen molar-refractivity contribution in [2.24, 2.45) is 5.41 Å². The fourth-order valence-corrected chi connectivity index (χ4v) is 1.21. The van der Waals surface area contributed by atoms with E-state index in [1.807, 2.05) is 20.8 Å². The fraction of sp³-hybridized carbons (Fsp3) is 0.700. The van der Waals surface area contributed by atoms with Crippen LogP contribution < -0.4 is 0 Å². The molecule has 3 heteroatoms. The number of alkyl halides is 1. The van der Waals surface area contributed by atoms with Crippen molar-refractivity contribution >= 4 is 21.7 Å². The Bertz CT molecular complexity index is 197. The summed E-state index contributed by atoms with van der Waals surface area (Å²) >= 11 is 3.14. The van der Waals surface area contributed by atoms with Gasteiger partial charge in [0, 0.05) is 11.8 Å². The van der Waals surface area contributed by atoms with E-state index < -0.39 is 0 Å². The average molecular weight is 249 g/mol. The summed E-state index contributed by atoms with van der Waals surface area (Å²) in [6.07, 6.45) is 0.469. The van der Waals surface area contributed by atoms with Crippen molar-refractivity contribution in [3.05, 3.63) is 12.3 Å². The number of rotatable bonds is 6. The third-order valence-electron chi connectivity index (χ3n) is 1.86. The number of Topliss-reactive ketones (excluding diaryl/α,β-unsaturated/α-hetero) is 1. The van der Waals surface area contributed by atoms with E-state index in [2.05, 4.69) is 22.5 Å². The zero-order valence-corrected chi connectivity index (χ0v) is 10.1. The van der Waals surface area contributed by atoms with Crippen LogP contribution in [0.2, 0.25) is 0 Å². The molecule has 0 amide bonds. The minimum atomic E-state index is -0.263. The van der Waals surface area contributed by atoms with Gasteiger partial charge < -0.3 is 4.74 Å². The van der Waals surface area contributed by atoms with Crippen molar-refractivity contribution < 1.29 is 9.53 Å². The molecule has 0 aromatic carbocycles. The zero-order chi connectivity index (χ0) is 10.5. The zero-order valence-electron chi connectivity index (χ0n) is 8.52. The van der Waals surface area contributed by atoms with Crippen LogP contribution in [0.3, 0.4) is 0 Å². The van der Waals surface area contributed by atoms with Crippen molar-refractivity contribution in [2.75, 3.05) is 11.9 Å². The number of ketones is 1. The first kappa shape index (κ1) is 12.7. The van der Waals surface area contributed by atoms with E-state index in [1.54, 1.807) is 0 Å². The van der Waals surface area contributed by atoms with Gasteiger partial charge in [-0.3, -0.25) is 4.79 Å². The van der Waals surface area contributed by atoms with E-state index in [4.69, 9.17) is 4.74 Å². The predicted octanol–water partition coefficient (Wildman–Crippen LogP) is 2.92. The van der Waals surface area contributed by atoms with E-state index in [-0.39, 0.29) is 11.2 Å². The molecule has 0 heterocycles. The van der Waals surface area contributed by atoms with E-state index in [1.165, 1.54) is 0 Å². The maximum Gasteiger partial charge on any atom is 0.144 e. The van der Waals surface area contributed by atoms with Crippen LogP contribution in [0.4, 0.5) is 0 Å². The Morgan fingerprint density at radius 1 is 1.54 bits per heavy atom. The van der Waals surface area contributed by atoms with Gasteiger partial charge in [0.15, 0.2) is 0 Å². The van der Waals surface area contributed by atoms with Crippen molar-refractivity contribution in [1.82, 2.24) is 0 Å². The van der Waals surface area contributed by atoms with Gasteiger partial charge in [-0.05, 0) is 6.92 Å². The molecular formula is C10H17BrO2. The van der Waals surface area contributed by atoms with Crippen LogP contribution in [-0.4, -0.2) is 17.7 Å². The molecule has 0 aromatic rings. The highest BCUT2D eigenvalue weighted by atomic mass is 79.9. The standard InChI is InChI=1S/C10H17BrO2/c1-5-13-8(2)10(3,4)6-9(12)7-11/h2,5-7H2,1,3-4H3. The molecule has 0 rings (SSSR count). The number of ether oxygens (including phenoxy) is 1. The molecule has 0 aliphatic heterocycles. The lowest BCUT2D eigenvalue weighted by atomic mass is 9.86. The Hall–Kier alpha value is -0.310. The summed E-state index contributed by atoms with van der Waals surface area (Å²) < 4.78 is 5.29. The summed E-state index contributed by atoms with van der Waals surface area (Å²) in [7, 11) is 0. The lowest BCUT2D eigenvalue weighted by Crippen LogP contribution is -2.21. The molecule has 0 atom stereocenters. The third-order valence-corrected chi connectivity index (χ3v) is 2.49. The van der Waals surface area contributed by atoms with Crippen LogP contribution in [-0.2, 0) is 9.53 Å².